The highest BCUT2D eigenvalue weighted by atomic mass is 16.6. The number of carbonyl (C=O) groups is 2. The Morgan fingerprint density at radius 1 is 0.730 bits per heavy atom. The van der Waals surface area contributed by atoms with Gasteiger partial charge in [-0.15, -0.1) is 20.5 Å². The monoisotopic (exact) mass is 518 g/mol. The minimum Gasteiger partial charge on any atom is -0.446 e. The van der Waals surface area contributed by atoms with Gasteiger partial charge in [-0.1, -0.05) is 6.07 Å². The number of carbonyl (C=O) groups excluding carboxylic acids is 2. The molecular weight excluding hydrogens is 476 g/mol. The summed E-state index contributed by atoms with van der Waals surface area (Å²) in [7, 11) is 0. The van der Waals surface area contributed by atoms with E-state index in [1.54, 1.807) is 18.2 Å². The highest BCUT2D eigenvalue weighted by Crippen LogP contribution is 2.39. The lowest BCUT2D eigenvalue weighted by Crippen LogP contribution is -2.60. The summed E-state index contributed by atoms with van der Waals surface area (Å²) in [6.45, 7) is 16.6. The summed E-state index contributed by atoms with van der Waals surface area (Å²) in [6.07, 6.45) is -0.327. The van der Waals surface area contributed by atoms with Crippen LogP contribution in [0.4, 0.5) is 21.0 Å². The van der Waals surface area contributed by atoms with Crippen molar-refractivity contribution in [1.82, 2.24) is 10.1 Å². The fourth-order valence-corrected chi connectivity index (χ4v) is 5.93. The first-order valence-electron chi connectivity index (χ1n) is 12.8. The Hall–Kier alpha value is -2.40. The summed E-state index contributed by atoms with van der Waals surface area (Å²) in [5, 5.41) is 32.8. The van der Waals surface area contributed by atoms with E-state index in [1.165, 1.54) is 0 Å². The number of hydrogen-bond donors (Lipinski definition) is 2. The highest BCUT2D eigenvalue weighted by molar-refractivity contribution is 5.89. The van der Waals surface area contributed by atoms with E-state index < -0.39 is 46.6 Å². The molecule has 37 heavy (non-hydrogen) atoms. The Labute approximate surface area is 220 Å². The van der Waals surface area contributed by atoms with Gasteiger partial charge in [0.1, 0.15) is 12.2 Å². The molecule has 3 rings (SSSR count). The summed E-state index contributed by atoms with van der Waals surface area (Å²) >= 11 is 0. The molecule has 0 unspecified atom stereocenters. The zero-order chi connectivity index (χ0) is 28.0. The number of aryl methyl sites for hydroxylation is 1. The number of nitrogens with zero attached hydrogens (tertiary/aromatic N) is 2. The third-order valence-corrected chi connectivity index (χ3v) is 7.38. The quantitative estimate of drug-likeness (QED) is 0.517. The van der Waals surface area contributed by atoms with Gasteiger partial charge in [0.15, 0.2) is 0 Å². The predicted octanol–water partition coefficient (Wildman–Crippen LogP) is 5.83. The zero-order valence-corrected chi connectivity index (χ0v) is 23.6. The van der Waals surface area contributed by atoms with Crippen LogP contribution in [0.5, 0.6) is 0 Å². The molecule has 0 saturated carbocycles. The average molecular weight is 519 g/mol. The Balaban J connectivity index is 1.61. The molecule has 2 heterocycles. The Bertz CT molecular complexity index is 986. The smallest absolute Gasteiger partial charge is 0.411 e. The van der Waals surface area contributed by atoms with Crippen molar-refractivity contribution in [2.75, 3.05) is 10.6 Å². The fraction of sp³-hybridized carbons (Fsp3) is 0.704. The van der Waals surface area contributed by atoms with Crippen LogP contribution in [0, 0.1) is 6.92 Å². The van der Waals surface area contributed by atoms with E-state index in [0.717, 1.165) is 15.7 Å². The lowest BCUT2D eigenvalue weighted by atomic mass is 9.80. The maximum absolute atomic E-state index is 12.7. The molecule has 206 valence electrons. The molecule has 10 heteroatoms. The van der Waals surface area contributed by atoms with Crippen molar-refractivity contribution in [3.05, 3.63) is 23.8 Å². The molecular formula is C27H42N4O6. The second-order valence-corrected chi connectivity index (χ2v) is 13.0. The number of nitrogens with one attached hydrogen (secondary N) is 2. The summed E-state index contributed by atoms with van der Waals surface area (Å²) in [6, 6.07) is 5.13. The van der Waals surface area contributed by atoms with E-state index in [-0.39, 0.29) is 0 Å². The van der Waals surface area contributed by atoms with Crippen molar-refractivity contribution in [3.8, 4) is 0 Å². The summed E-state index contributed by atoms with van der Waals surface area (Å²) < 4.78 is 11.3. The predicted molar refractivity (Wildman–Crippen MR) is 139 cm³/mol. The third-order valence-electron chi connectivity index (χ3n) is 7.38. The molecule has 0 spiro atoms. The zero-order valence-electron chi connectivity index (χ0n) is 23.6. The Morgan fingerprint density at radius 3 is 1.51 bits per heavy atom. The second-order valence-electron chi connectivity index (χ2n) is 13.0. The molecule has 0 atom stereocenters. The molecule has 2 N–H and O–H groups in total. The maximum atomic E-state index is 12.7. The number of anilines is 2. The van der Waals surface area contributed by atoms with Crippen LogP contribution < -0.4 is 10.6 Å². The summed E-state index contributed by atoms with van der Waals surface area (Å²) in [5.41, 5.74) is -0.872. The van der Waals surface area contributed by atoms with Gasteiger partial charge in [-0.05, 0) is 80.0 Å². The number of rotatable bonds is 4. The van der Waals surface area contributed by atoms with Gasteiger partial charge >= 0.3 is 12.2 Å². The third kappa shape index (κ3) is 6.73. The highest BCUT2D eigenvalue weighted by Gasteiger charge is 2.48. The Morgan fingerprint density at radius 2 is 1.11 bits per heavy atom. The normalized spacial score (nSPS) is 23.8. The van der Waals surface area contributed by atoms with Crippen molar-refractivity contribution < 1.29 is 29.5 Å². The molecule has 10 nitrogen and oxygen atoms in total. The largest absolute Gasteiger partial charge is 0.446 e. The van der Waals surface area contributed by atoms with Gasteiger partial charge in [0, 0.05) is 59.2 Å². The second kappa shape index (κ2) is 10.1. The van der Waals surface area contributed by atoms with Crippen LogP contribution in [0.3, 0.4) is 0 Å². The van der Waals surface area contributed by atoms with E-state index in [4.69, 9.17) is 9.47 Å². The molecule has 2 aliphatic heterocycles. The molecule has 2 amide bonds. The van der Waals surface area contributed by atoms with Gasteiger partial charge in [-0.2, -0.15) is 0 Å². The molecule has 2 aliphatic rings. The number of amides is 2. The van der Waals surface area contributed by atoms with Crippen LogP contribution >= 0.6 is 0 Å². The van der Waals surface area contributed by atoms with Crippen LogP contribution in [0.25, 0.3) is 0 Å². The van der Waals surface area contributed by atoms with Crippen molar-refractivity contribution in [1.29, 1.82) is 0 Å². The van der Waals surface area contributed by atoms with Crippen molar-refractivity contribution in [2.45, 2.75) is 122 Å². The Kier molecular flexibility index (Phi) is 7.92. The van der Waals surface area contributed by atoms with Crippen LogP contribution in [-0.2, 0) is 19.9 Å². The molecule has 0 bridgehead atoms. The van der Waals surface area contributed by atoms with Gasteiger partial charge in [0.05, 0.1) is 0 Å². The van der Waals surface area contributed by atoms with Crippen molar-refractivity contribution in [2.24, 2.45) is 0 Å². The van der Waals surface area contributed by atoms with E-state index in [1.807, 2.05) is 62.3 Å². The lowest BCUT2D eigenvalue weighted by Gasteiger charge is -2.49. The van der Waals surface area contributed by atoms with Crippen molar-refractivity contribution >= 4 is 23.6 Å². The van der Waals surface area contributed by atoms with Crippen molar-refractivity contribution in [3.63, 3.8) is 0 Å². The number of piperidine rings is 2. The minimum atomic E-state index is -0.651. The number of benzene rings is 1. The molecule has 2 radical (unpaired) electrons. The fourth-order valence-electron chi connectivity index (χ4n) is 5.93. The topological polar surface area (TPSA) is 123 Å². The van der Waals surface area contributed by atoms with E-state index >= 15 is 0 Å². The number of ether oxygens (including phenoxy) is 2. The maximum Gasteiger partial charge on any atom is 0.411 e. The van der Waals surface area contributed by atoms with Crippen LogP contribution in [-0.4, -0.2) is 56.7 Å². The van der Waals surface area contributed by atoms with Gasteiger partial charge in [0.2, 0.25) is 0 Å². The molecule has 0 aromatic heterocycles. The van der Waals surface area contributed by atoms with Crippen LogP contribution in [0.15, 0.2) is 18.2 Å². The van der Waals surface area contributed by atoms with Crippen LogP contribution in [0.2, 0.25) is 0 Å². The summed E-state index contributed by atoms with van der Waals surface area (Å²) in [4.78, 5) is 25.4. The first-order valence-corrected chi connectivity index (χ1v) is 12.8. The number of hydrogen-bond acceptors (Lipinski definition) is 6. The summed E-state index contributed by atoms with van der Waals surface area (Å²) in [5.74, 6) is 0. The van der Waals surface area contributed by atoms with E-state index in [0.29, 0.717) is 37.1 Å². The SMILES string of the molecule is Cc1ccc(NC(=O)OC2CC(C)(C)N([O])C(C)(C)C2)cc1NC(=O)OC1CC(C)(C)N([O])C(C)(C)C1. The molecule has 2 saturated heterocycles. The molecule has 0 aliphatic carbocycles. The first-order chi connectivity index (χ1) is 16.8. The van der Waals surface area contributed by atoms with Gasteiger partial charge in [-0.25, -0.2) is 9.59 Å². The van der Waals surface area contributed by atoms with Gasteiger partial charge < -0.3 is 9.47 Å². The molecule has 1 aromatic rings. The lowest BCUT2D eigenvalue weighted by molar-refractivity contribution is -0.297. The van der Waals surface area contributed by atoms with Gasteiger partial charge in [0.25, 0.3) is 0 Å². The molecule has 2 fully saturated rings. The standard InChI is InChI=1S/C27H42N4O6/c1-17-10-11-18(28-22(32)36-19-13-24(2,3)30(34)25(4,5)14-19)12-21(17)29-23(33)37-20-15-26(6,7)31(35)27(8,9)16-20/h10-12,19-20H,13-16H2,1-9H3,(H,28,32)(H,29,33). The van der Waals surface area contributed by atoms with E-state index in [9.17, 15) is 20.0 Å². The molecule has 1 aromatic carbocycles. The minimum absolute atomic E-state index is 0.401. The van der Waals surface area contributed by atoms with Gasteiger partial charge in [-0.3, -0.25) is 10.6 Å². The number of hydroxylamine groups is 4. The average Bonchev–Trinajstić information content (AvgIpc) is 2.71. The van der Waals surface area contributed by atoms with Crippen LogP contribution in [0.1, 0.15) is 86.6 Å². The van der Waals surface area contributed by atoms with E-state index in [2.05, 4.69) is 10.6 Å². The first kappa shape index (κ1) is 29.2.